The van der Waals surface area contributed by atoms with E-state index in [0.29, 0.717) is 26.2 Å². The number of hydrogen-bond acceptors (Lipinski definition) is 3. The van der Waals surface area contributed by atoms with Gasteiger partial charge in [-0.25, -0.2) is 0 Å². The molecule has 0 fully saturated rings. The van der Waals surface area contributed by atoms with Crippen molar-refractivity contribution >= 4 is 5.91 Å². The van der Waals surface area contributed by atoms with Crippen molar-refractivity contribution in [3.8, 4) is 11.5 Å². The van der Waals surface area contributed by atoms with Crippen LogP contribution in [0.15, 0.2) is 12.1 Å². The fourth-order valence-corrected chi connectivity index (χ4v) is 2.04. The number of unbranched alkanes of at least 4 members (excludes halogenated alkanes) is 1. The van der Waals surface area contributed by atoms with Crippen molar-refractivity contribution in [2.45, 2.75) is 39.7 Å². The predicted octanol–water partition coefficient (Wildman–Crippen LogP) is 2.57. The summed E-state index contributed by atoms with van der Waals surface area (Å²) in [7, 11) is 0. The number of aryl methyl sites for hydroxylation is 1. The number of nitrogens with one attached hydrogen (secondary N) is 1. The lowest BCUT2D eigenvalue weighted by Gasteiger charge is -2.20. The Balaban J connectivity index is 1.98. The molecule has 0 saturated heterocycles. The van der Waals surface area contributed by atoms with E-state index < -0.39 is 0 Å². The number of ether oxygens (including phenoxy) is 2. The Morgan fingerprint density at radius 1 is 1.26 bits per heavy atom. The summed E-state index contributed by atoms with van der Waals surface area (Å²) in [6, 6.07) is 3.94. The summed E-state index contributed by atoms with van der Waals surface area (Å²) in [5.41, 5.74) is 2.19. The Morgan fingerprint density at radius 2 is 1.95 bits per heavy atom. The summed E-state index contributed by atoms with van der Waals surface area (Å²) < 4.78 is 11.1. The van der Waals surface area contributed by atoms with Gasteiger partial charge in [-0.2, -0.15) is 0 Å². The minimum absolute atomic E-state index is 0.108. The molecule has 104 valence electrons. The zero-order valence-electron chi connectivity index (χ0n) is 11.6. The Bertz CT molecular complexity index is 457. The average molecular weight is 263 g/mol. The molecule has 4 heteroatoms. The van der Waals surface area contributed by atoms with E-state index in [9.17, 15) is 4.79 Å². The van der Waals surface area contributed by atoms with Crippen molar-refractivity contribution in [2.24, 2.45) is 0 Å². The highest BCUT2D eigenvalue weighted by molar-refractivity contribution is 5.75. The Labute approximate surface area is 114 Å². The highest BCUT2D eigenvalue weighted by Crippen LogP contribution is 2.32. The van der Waals surface area contributed by atoms with E-state index in [1.807, 2.05) is 19.1 Å². The van der Waals surface area contributed by atoms with E-state index in [2.05, 4.69) is 12.2 Å². The molecular formula is C15H21NO3. The third-order valence-corrected chi connectivity index (χ3v) is 3.23. The molecule has 0 radical (unpaired) electrons. The molecule has 1 aromatic rings. The fraction of sp³-hybridized carbons (Fsp3) is 0.533. The van der Waals surface area contributed by atoms with E-state index in [4.69, 9.17) is 9.47 Å². The van der Waals surface area contributed by atoms with Gasteiger partial charge >= 0.3 is 0 Å². The van der Waals surface area contributed by atoms with E-state index in [1.165, 1.54) is 0 Å². The Morgan fingerprint density at radius 3 is 2.63 bits per heavy atom. The van der Waals surface area contributed by atoms with E-state index in [0.717, 1.165) is 35.5 Å². The first-order valence-corrected chi connectivity index (χ1v) is 6.86. The van der Waals surface area contributed by atoms with Crippen LogP contribution in [0.5, 0.6) is 11.5 Å². The normalized spacial score (nSPS) is 13.2. The monoisotopic (exact) mass is 263 g/mol. The number of benzene rings is 1. The molecule has 1 amide bonds. The van der Waals surface area contributed by atoms with Crippen molar-refractivity contribution in [1.29, 1.82) is 0 Å². The summed E-state index contributed by atoms with van der Waals surface area (Å²) in [6.45, 7) is 5.83. The van der Waals surface area contributed by atoms with Crippen molar-refractivity contribution in [3.05, 3.63) is 23.3 Å². The molecule has 19 heavy (non-hydrogen) atoms. The van der Waals surface area contributed by atoms with E-state index in [-0.39, 0.29) is 5.91 Å². The SMILES string of the molecule is CCCCC(=O)NCc1cc2c(cc1C)OCCO2. The molecular weight excluding hydrogens is 242 g/mol. The minimum atomic E-state index is 0.108. The molecule has 4 nitrogen and oxygen atoms in total. The lowest BCUT2D eigenvalue weighted by atomic mass is 10.1. The van der Waals surface area contributed by atoms with Gasteiger partial charge in [-0.3, -0.25) is 4.79 Å². The van der Waals surface area contributed by atoms with Gasteiger partial charge in [0, 0.05) is 13.0 Å². The second-order valence-electron chi connectivity index (χ2n) is 4.80. The van der Waals surface area contributed by atoms with Gasteiger partial charge in [-0.15, -0.1) is 0 Å². The minimum Gasteiger partial charge on any atom is -0.486 e. The number of amides is 1. The van der Waals surface area contributed by atoms with Crippen LogP contribution in [-0.4, -0.2) is 19.1 Å². The van der Waals surface area contributed by atoms with Crippen LogP contribution in [0, 0.1) is 6.92 Å². The van der Waals surface area contributed by atoms with Crippen LogP contribution in [0.25, 0.3) is 0 Å². The molecule has 0 spiro atoms. The smallest absolute Gasteiger partial charge is 0.220 e. The van der Waals surface area contributed by atoms with E-state index >= 15 is 0 Å². The van der Waals surface area contributed by atoms with Gasteiger partial charge in [0.2, 0.25) is 5.91 Å². The standard InChI is InChI=1S/C15H21NO3/c1-3-4-5-15(17)16-10-12-9-14-13(8-11(12)2)18-6-7-19-14/h8-9H,3-7,10H2,1-2H3,(H,16,17). The first-order chi connectivity index (χ1) is 9.20. The van der Waals surface area contributed by atoms with Gasteiger partial charge in [0.1, 0.15) is 13.2 Å². The zero-order valence-corrected chi connectivity index (χ0v) is 11.6. The van der Waals surface area contributed by atoms with Gasteiger partial charge in [0.05, 0.1) is 0 Å². The summed E-state index contributed by atoms with van der Waals surface area (Å²) in [4.78, 5) is 11.6. The molecule has 0 unspecified atom stereocenters. The quantitative estimate of drug-likeness (QED) is 0.888. The largest absolute Gasteiger partial charge is 0.486 e. The lowest BCUT2D eigenvalue weighted by molar-refractivity contribution is -0.121. The Hall–Kier alpha value is -1.71. The molecule has 0 aliphatic carbocycles. The zero-order chi connectivity index (χ0) is 13.7. The number of hydrogen-bond donors (Lipinski definition) is 1. The maximum Gasteiger partial charge on any atom is 0.220 e. The summed E-state index contributed by atoms with van der Waals surface area (Å²) in [6.07, 6.45) is 2.57. The maximum atomic E-state index is 11.6. The van der Waals surface area contributed by atoms with Crippen LogP contribution in [0.2, 0.25) is 0 Å². The lowest BCUT2D eigenvalue weighted by Crippen LogP contribution is -2.23. The number of rotatable bonds is 5. The van der Waals surface area contributed by atoms with Crippen LogP contribution < -0.4 is 14.8 Å². The van der Waals surface area contributed by atoms with Crippen molar-refractivity contribution < 1.29 is 14.3 Å². The fourth-order valence-electron chi connectivity index (χ4n) is 2.04. The second kappa shape index (κ2) is 6.45. The third-order valence-electron chi connectivity index (χ3n) is 3.23. The van der Waals surface area contributed by atoms with Crippen molar-refractivity contribution in [2.75, 3.05) is 13.2 Å². The molecule has 2 rings (SSSR count). The molecule has 1 heterocycles. The highest BCUT2D eigenvalue weighted by Gasteiger charge is 2.14. The predicted molar refractivity (Wildman–Crippen MR) is 73.5 cm³/mol. The van der Waals surface area contributed by atoms with Gasteiger partial charge in [0.25, 0.3) is 0 Å². The summed E-state index contributed by atoms with van der Waals surface area (Å²) in [5, 5.41) is 2.95. The second-order valence-corrected chi connectivity index (χ2v) is 4.80. The van der Waals surface area contributed by atoms with Gasteiger partial charge in [0.15, 0.2) is 11.5 Å². The third kappa shape index (κ3) is 3.63. The van der Waals surface area contributed by atoms with E-state index in [1.54, 1.807) is 0 Å². The van der Waals surface area contributed by atoms with Crippen molar-refractivity contribution in [1.82, 2.24) is 5.32 Å². The topological polar surface area (TPSA) is 47.6 Å². The number of fused-ring (bicyclic) bond motifs is 1. The van der Waals surface area contributed by atoms with Gasteiger partial charge in [-0.05, 0) is 36.6 Å². The molecule has 0 saturated carbocycles. The molecule has 0 aromatic heterocycles. The van der Waals surface area contributed by atoms with Crippen LogP contribution in [0.4, 0.5) is 0 Å². The molecule has 1 aliphatic rings. The average Bonchev–Trinajstić information content (AvgIpc) is 2.42. The van der Waals surface area contributed by atoms with Crippen LogP contribution >= 0.6 is 0 Å². The first kappa shape index (κ1) is 13.7. The molecule has 0 atom stereocenters. The highest BCUT2D eigenvalue weighted by atomic mass is 16.6. The molecule has 1 aromatic carbocycles. The van der Waals surface area contributed by atoms with Gasteiger partial charge in [-0.1, -0.05) is 13.3 Å². The molecule has 0 bridgehead atoms. The molecule has 1 aliphatic heterocycles. The first-order valence-electron chi connectivity index (χ1n) is 6.86. The van der Waals surface area contributed by atoms with Crippen LogP contribution in [-0.2, 0) is 11.3 Å². The van der Waals surface area contributed by atoms with Crippen LogP contribution in [0.1, 0.15) is 37.3 Å². The number of carbonyl (C=O) groups excluding carboxylic acids is 1. The maximum absolute atomic E-state index is 11.6. The molecule has 1 N–H and O–H groups in total. The Kier molecular flexibility index (Phi) is 4.66. The summed E-state index contributed by atoms with van der Waals surface area (Å²) >= 11 is 0. The van der Waals surface area contributed by atoms with Gasteiger partial charge < -0.3 is 14.8 Å². The summed E-state index contributed by atoms with van der Waals surface area (Å²) in [5.74, 6) is 1.68. The van der Waals surface area contributed by atoms with Crippen LogP contribution in [0.3, 0.4) is 0 Å². The van der Waals surface area contributed by atoms with Crippen molar-refractivity contribution in [3.63, 3.8) is 0 Å². The number of carbonyl (C=O) groups is 1.